The predicted molar refractivity (Wildman–Crippen MR) is 104 cm³/mol. The molecule has 1 saturated heterocycles. The van der Waals surface area contributed by atoms with Gasteiger partial charge in [-0.3, -0.25) is 19.3 Å². The van der Waals surface area contributed by atoms with Crippen molar-refractivity contribution in [1.82, 2.24) is 9.80 Å². The zero-order valence-electron chi connectivity index (χ0n) is 16.6. The summed E-state index contributed by atoms with van der Waals surface area (Å²) in [6, 6.07) is 7.99. The molecule has 7 heteroatoms. The van der Waals surface area contributed by atoms with Crippen molar-refractivity contribution in [3.8, 4) is 0 Å². The van der Waals surface area contributed by atoms with E-state index < -0.39 is 30.3 Å². The van der Waals surface area contributed by atoms with Crippen molar-refractivity contribution in [2.24, 2.45) is 5.92 Å². The van der Waals surface area contributed by atoms with Crippen molar-refractivity contribution in [3.63, 3.8) is 0 Å². The molecule has 1 heterocycles. The third-order valence-corrected chi connectivity index (χ3v) is 5.59. The van der Waals surface area contributed by atoms with Crippen molar-refractivity contribution in [2.75, 3.05) is 11.4 Å². The van der Waals surface area contributed by atoms with Crippen LogP contribution >= 0.6 is 0 Å². The number of imide groups is 2. The standard InChI is InChI=1S/C21H27N3O4/c1-14(2)23(16-10-5-4-6-11-16)18(25)13-22-19(26)20(27)24(21(22)28)17-12-8-7-9-15(17)3/h4-6,10-11,14-15,17H,7-9,12-13H2,1-3H3/t15-,17-/m0/s1. The molecule has 0 bridgehead atoms. The Labute approximate surface area is 165 Å². The number of anilines is 1. The molecule has 5 amide bonds. The van der Waals surface area contributed by atoms with E-state index in [1.165, 1.54) is 4.90 Å². The molecule has 0 spiro atoms. The zero-order valence-corrected chi connectivity index (χ0v) is 16.6. The number of carbonyl (C=O) groups excluding carboxylic acids is 4. The van der Waals surface area contributed by atoms with Gasteiger partial charge in [-0.05, 0) is 44.7 Å². The van der Waals surface area contributed by atoms with Crippen LogP contribution in [0.5, 0.6) is 0 Å². The lowest BCUT2D eigenvalue weighted by atomic mass is 9.85. The highest BCUT2D eigenvalue weighted by Gasteiger charge is 2.49. The maximum absolute atomic E-state index is 12.9. The highest BCUT2D eigenvalue weighted by Crippen LogP contribution is 2.31. The lowest BCUT2D eigenvalue weighted by Gasteiger charge is -2.34. The van der Waals surface area contributed by atoms with Crippen molar-refractivity contribution < 1.29 is 19.2 Å². The summed E-state index contributed by atoms with van der Waals surface area (Å²) in [5, 5.41) is 0. The van der Waals surface area contributed by atoms with Gasteiger partial charge in [-0.15, -0.1) is 0 Å². The van der Waals surface area contributed by atoms with Gasteiger partial charge < -0.3 is 4.90 Å². The number of para-hydroxylation sites is 1. The second-order valence-corrected chi connectivity index (χ2v) is 7.87. The van der Waals surface area contributed by atoms with Crippen LogP contribution in [0.25, 0.3) is 0 Å². The Hall–Kier alpha value is -2.70. The van der Waals surface area contributed by atoms with E-state index in [4.69, 9.17) is 0 Å². The summed E-state index contributed by atoms with van der Waals surface area (Å²) < 4.78 is 0. The fourth-order valence-electron chi connectivity index (χ4n) is 4.16. The molecule has 7 nitrogen and oxygen atoms in total. The molecule has 2 aliphatic rings. The Morgan fingerprint density at radius 3 is 2.32 bits per heavy atom. The van der Waals surface area contributed by atoms with E-state index >= 15 is 0 Å². The average Bonchev–Trinajstić information content (AvgIpc) is 2.86. The third-order valence-electron chi connectivity index (χ3n) is 5.59. The number of nitrogens with zero attached hydrogens (tertiary/aromatic N) is 3. The smallest absolute Gasteiger partial charge is 0.308 e. The first-order chi connectivity index (χ1) is 13.3. The molecule has 3 rings (SSSR count). The average molecular weight is 385 g/mol. The van der Waals surface area contributed by atoms with Crippen LogP contribution in [0, 0.1) is 5.92 Å². The maximum Gasteiger partial charge on any atom is 0.334 e. The van der Waals surface area contributed by atoms with Gasteiger partial charge >= 0.3 is 17.8 Å². The van der Waals surface area contributed by atoms with Crippen molar-refractivity contribution >= 4 is 29.4 Å². The topological polar surface area (TPSA) is 78.0 Å². The van der Waals surface area contributed by atoms with Crippen LogP contribution in [0.4, 0.5) is 10.5 Å². The third kappa shape index (κ3) is 3.66. The van der Waals surface area contributed by atoms with Crippen LogP contribution < -0.4 is 4.90 Å². The minimum Gasteiger partial charge on any atom is -0.308 e. The number of carbonyl (C=O) groups is 4. The molecule has 1 aromatic carbocycles. The van der Waals surface area contributed by atoms with Crippen molar-refractivity contribution in [3.05, 3.63) is 30.3 Å². The van der Waals surface area contributed by atoms with Crippen LogP contribution in [-0.4, -0.2) is 52.2 Å². The maximum atomic E-state index is 12.9. The molecule has 0 aromatic heterocycles. The summed E-state index contributed by atoms with van der Waals surface area (Å²) in [5.41, 5.74) is 0.686. The van der Waals surface area contributed by atoms with Gasteiger partial charge in [-0.25, -0.2) is 9.69 Å². The second kappa shape index (κ2) is 8.12. The molecule has 150 valence electrons. The van der Waals surface area contributed by atoms with Gasteiger partial charge in [0.15, 0.2) is 0 Å². The molecule has 2 atom stereocenters. The molecular formula is C21H27N3O4. The van der Waals surface area contributed by atoms with Gasteiger partial charge in [0.1, 0.15) is 6.54 Å². The fraction of sp³-hybridized carbons (Fsp3) is 0.524. The quantitative estimate of drug-likeness (QED) is 0.577. The SMILES string of the molecule is CC(C)N(C(=O)CN1C(=O)C(=O)N([C@H]2CCCC[C@@H]2C)C1=O)c1ccccc1. The highest BCUT2D eigenvalue weighted by atomic mass is 16.2. The van der Waals surface area contributed by atoms with E-state index in [0.29, 0.717) is 12.1 Å². The Morgan fingerprint density at radius 2 is 1.71 bits per heavy atom. The van der Waals surface area contributed by atoms with E-state index in [9.17, 15) is 19.2 Å². The Bertz CT molecular complexity index is 777. The number of hydrogen-bond acceptors (Lipinski definition) is 4. The Balaban J connectivity index is 1.79. The zero-order chi connectivity index (χ0) is 20.4. The summed E-state index contributed by atoms with van der Waals surface area (Å²) in [4.78, 5) is 54.2. The summed E-state index contributed by atoms with van der Waals surface area (Å²) >= 11 is 0. The molecule has 1 aliphatic heterocycles. The number of benzene rings is 1. The number of hydrogen-bond donors (Lipinski definition) is 0. The fourth-order valence-corrected chi connectivity index (χ4v) is 4.16. The number of urea groups is 1. The lowest BCUT2D eigenvalue weighted by molar-refractivity contribution is -0.145. The number of rotatable bonds is 5. The molecule has 1 saturated carbocycles. The van der Waals surface area contributed by atoms with Gasteiger partial charge in [0, 0.05) is 17.8 Å². The highest BCUT2D eigenvalue weighted by molar-refractivity contribution is 6.45. The first-order valence-electron chi connectivity index (χ1n) is 9.89. The lowest BCUT2D eigenvalue weighted by Crippen LogP contribution is -2.48. The van der Waals surface area contributed by atoms with Crippen molar-refractivity contribution in [1.29, 1.82) is 0 Å². The Morgan fingerprint density at radius 1 is 1.07 bits per heavy atom. The van der Waals surface area contributed by atoms with Crippen LogP contribution in [0.1, 0.15) is 46.5 Å². The van der Waals surface area contributed by atoms with Crippen LogP contribution in [0.15, 0.2) is 30.3 Å². The predicted octanol–water partition coefficient (Wildman–Crippen LogP) is 2.80. The second-order valence-electron chi connectivity index (χ2n) is 7.87. The van der Waals surface area contributed by atoms with E-state index in [2.05, 4.69) is 0 Å². The van der Waals surface area contributed by atoms with Gasteiger partial charge in [-0.1, -0.05) is 38.0 Å². The van der Waals surface area contributed by atoms with Crippen LogP contribution in [-0.2, 0) is 14.4 Å². The molecular weight excluding hydrogens is 358 g/mol. The minimum atomic E-state index is -0.909. The first-order valence-corrected chi connectivity index (χ1v) is 9.89. The molecule has 1 aromatic rings. The molecule has 1 aliphatic carbocycles. The summed E-state index contributed by atoms with van der Waals surface area (Å²) in [5.74, 6) is -1.96. The molecule has 2 fully saturated rings. The minimum absolute atomic E-state index is 0.154. The van der Waals surface area contributed by atoms with Gasteiger partial charge in [0.2, 0.25) is 5.91 Å². The largest absolute Gasteiger partial charge is 0.334 e. The summed E-state index contributed by atoms with van der Waals surface area (Å²) in [6.45, 7) is 5.28. The van der Waals surface area contributed by atoms with Gasteiger partial charge in [-0.2, -0.15) is 0 Å². The molecule has 0 N–H and O–H groups in total. The van der Waals surface area contributed by atoms with Gasteiger partial charge in [0.25, 0.3) is 0 Å². The van der Waals surface area contributed by atoms with E-state index in [1.54, 1.807) is 12.1 Å². The normalized spacial score (nSPS) is 22.9. The molecule has 0 unspecified atom stereocenters. The van der Waals surface area contributed by atoms with Crippen LogP contribution in [0.2, 0.25) is 0 Å². The van der Waals surface area contributed by atoms with E-state index in [0.717, 1.165) is 29.1 Å². The van der Waals surface area contributed by atoms with Gasteiger partial charge in [0.05, 0.1) is 0 Å². The van der Waals surface area contributed by atoms with Crippen LogP contribution in [0.3, 0.4) is 0 Å². The Kier molecular flexibility index (Phi) is 5.82. The summed E-state index contributed by atoms with van der Waals surface area (Å²) in [7, 11) is 0. The number of amides is 5. The molecule has 0 radical (unpaired) electrons. The van der Waals surface area contributed by atoms with Crippen molar-refractivity contribution in [2.45, 2.75) is 58.5 Å². The van der Waals surface area contributed by atoms with E-state index in [-0.39, 0.29) is 18.0 Å². The molecule has 28 heavy (non-hydrogen) atoms. The monoisotopic (exact) mass is 385 g/mol. The summed E-state index contributed by atoms with van der Waals surface area (Å²) in [6.07, 6.45) is 3.61. The van der Waals surface area contributed by atoms with E-state index in [1.807, 2.05) is 39.0 Å². The first kappa shape index (κ1) is 20.0.